The van der Waals surface area contributed by atoms with E-state index in [2.05, 4.69) is 20.8 Å². The Labute approximate surface area is 195 Å². The molecule has 0 aliphatic carbocycles. The molecule has 3 aliphatic rings. The van der Waals surface area contributed by atoms with Crippen molar-refractivity contribution in [2.75, 3.05) is 17.6 Å². The van der Waals surface area contributed by atoms with E-state index < -0.39 is 42.0 Å². The Hall–Kier alpha value is -4.14. The fraction of sp³-hybridized carbons (Fsp3) is 0.316. The third-order valence-electron chi connectivity index (χ3n) is 5.80. The summed E-state index contributed by atoms with van der Waals surface area (Å²) in [6, 6.07) is 4.02. The minimum absolute atomic E-state index is 0.0892. The highest BCUT2D eigenvalue weighted by atomic mass is 32.2. The molecule has 14 nitrogen and oxygen atoms in total. The molecule has 4 N–H and O–H groups in total. The van der Waals surface area contributed by atoms with Gasteiger partial charge in [-0.05, 0) is 34.7 Å². The number of aromatic nitrogens is 4. The van der Waals surface area contributed by atoms with Gasteiger partial charge in [0.05, 0.1) is 12.3 Å². The van der Waals surface area contributed by atoms with E-state index in [9.17, 15) is 24.3 Å². The van der Waals surface area contributed by atoms with Crippen LogP contribution >= 0.6 is 11.8 Å². The Kier molecular flexibility index (Phi) is 5.11. The van der Waals surface area contributed by atoms with Crippen LogP contribution in [0.3, 0.4) is 0 Å². The monoisotopic (exact) mass is 486 g/mol. The average Bonchev–Trinajstić information content (AvgIpc) is 3.38. The van der Waals surface area contributed by atoms with Crippen LogP contribution in [0, 0.1) is 0 Å². The van der Waals surface area contributed by atoms with Crippen molar-refractivity contribution >= 4 is 41.3 Å². The first-order valence-corrected chi connectivity index (χ1v) is 11.0. The fourth-order valence-corrected chi connectivity index (χ4v) is 5.04. The van der Waals surface area contributed by atoms with Gasteiger partial charge in [0.25, 0.3) is 5.91 Å². The minimum Gasteiger partial charge on any atom is -0.487 e. The number of anilines is 1. The second-order valence-corrected chi connectivity index (χ2v) is 8.72. The first-order chi connectivity index (χ1) is 16.3. The van der Waals surface area contributed by atoms with Crippen LogP contribution in [0.2, 0.25) is 0 Å². The number of amides is 4. The maximum absolute atomic E-state index is 12.9. The molecule has 3 atom stereocenters. The van der Waals surface area contributed by atoms with Crippen LogP contribution < -0.4 is 11.1 Å². The van der Waals surface area contributed by atoms with E-state index in [0.29, 0.717) is 10.8 Å². The SMILES string of the molecule is Cn1nnnc1SCC1=C(C(=O)O)N2C(=O)[C@@H]3[C@H]2[C@@H](CN3C(=O)Nc2ccc(C(N)=O)cc2)O1. The quantitative estimate of drug-likeness (QED) is 0.345. The van der Waals surface area contributed by atoms with Gasteiger partial charge in [-0.15, -0.1) is 5.10 Å². The number of aliphatic carboxylic acids is 1. The lowest BCUT2D eigenvalue weighted by Crippen LogP contribution is -2.70. The van der Waals surface area contributed by atoms with Gasteiger partial charge >= 0.3 is 12.0 Å². The van der Waals surface area contributed by atoms with Crippen molar-refractivity contribution in [2.45, 2.75) is 23.3 Å². The van der Waals surface area contributed by atoms with Crippen molar-refractivity contribution in [3.05, 3.63) is 41.3 Å². The van der Waals surface area contributed by atoms with Crippen LogP contribution in [0.5, 0.6) is 0 Å². The number of carboxylic acids is 1. The lowest BCUT2D eigenvalue weighted by Gasteiger charge is -2.49. The van der Waals surface area contributed by atoms with E-state index in [1.165, 1.54) is 50.5 Å². The molecule has 0 bridgehead atoms. The number of benzene rings is 1. The van der Waals surface area contributed by atoms with Crippen molar-refractivity contribution in [3.63, 3.8) is 0 Å². The van der Waals surface area contributed by atoms with Crippen LogP contribution in [-0.4, -0.2) is 89.4 Å². The zero-order valence-corrected chi connectivity index (χ0v) is 18.4. The van der Waals surface area contributed by atoms with Crippen LogP contribution in [0.1, 0.15) is 10.4 Å². The number of nitrogens with one attached hydrogen (secondary N) is 1. The Balaban J connectivity index is 1.33. The molecule has 34 heavy (non-hydrogen) atoms. The number of hydrogen-bond donors (Lipinski definition) is 3. The van der Waals surface area contributed by atoms with Crippen molar-refractivity contribution in [2.24, 2.45) is 12.8 Å². The van der Waals surface area contributed by atoms with Crippen molar-refractivity contribution in [3.8, 4) is 0 Å². The van der Waals surface area contributed by atoms with Gasteiger partial charge in [0.2, 0.25) is 11.1 Å². The highest BCUT2D eigenvalue weighted by molar-refractivity contribution is 7.99. The molecular weight excluding hydrogens is 468 g/mol. The number of carbonyl (C=O) groups is 4. The molecule has 3 aliphatic heterocycles. The zero-order chi connectivity index (χ0) is 24.1. The molecule has 1 aromatic carbocycles. The lowest BCUT2D eigenvalue weighted by molar-refractivity contribution is -0.160. The molecule has 0 spiro atoms. The standard InChI is InChI=1S/C19H18N8O6S/c1-25-19(22-23-24-25)34-7-11-13(17(30)31)27-12-10(33-11)6-26(14(12)16(27)29)18(32)21-9-4-2-8(3-5-9)15(20)28/h2-5,10,12,14H,6-7H2,1H3,(H2,20,28)(H,21,32)(H,30,31)/t10-,12-,14+/m1/s1. The molecule has 2 aromatic rings. The molecule has 4 heterocycles. The summed E-state index contributed by atoms with van der Waals surface area (Å²) in [6.45, 7) is 0.0926. The molecule has 0 radical (unpaired) electrons. The van der Waals surface area contributed by atoms with E-state index in [-0.39, 0.29) is 29.3 Å². The summed E-state index contributed by atoms with van der Waals surface area (Å²) in [5.74, 6) is -2.18. The van der Waals surface area contributed by atoms with Gasteiger partial charge in [-0.1, -0.05) is 11.8 Å². The summed E-state index contributed by atoms with van der Waals surface area (Å²) < 4.78 is 7.41. The first kappa shape index (κ1) is 21.7. The van der Waals surface area contributed by atoms with Gasteiger partial charge in [0.1, 0.15) is 23.9 Å². The number of urea groups is 1. The number of tetrazole rings is 1. The molecule has 2 fully saturated rings. The van der Waals surface area contributed by atoms with Gasteiger partial charge in [-0.25, -0.2) is 14.3 Å². The number of carbonyl (C=O) groups excluding carboxylic acids is 3. The number of aryl methyl sites for hydroxylation is 1. The lowest BCUT2D eigenvalue weighted by atomic mass is 9.91. The predicted octanol–water partition coefficient (Wildman–Crippen LogP) is -0.777. The van der Waals surface area contributed by atoms with Crippen molar-refractivity contribution in [1.29, 1.82) is 0 Å². The average molecular weight is 486 g/mol. The smallest absolute Gasteiger partial charge is 0.356 e. The summed E-state index contributed by atoms with van der Waals surface area (Å²) in [5.41, 5.74) is 5.68. The molecule has 0 unspecified atom stereocenters. The Morgan fingerprint density at radius 1 is 1.29 bits per heavy atom. The minimum atomic E-state index is -1.30. The van der Waals surface area contributed by atoms with E-state index in [1.54, 1.807) is 7.05 Å². The third kappa shape index (κ3) is 3.40. The number of primary amides is 1. The predicted molar refractivity (Wildman–Crippen MR) is 114 cm³/mol. The van der Waals surface area contributed by atoms with Gasteiger partial charge < -0.3 is 25.8 Å². The Morgan fingerprint density at radius 3 is 2.65 bits per heavy atom. The number of nitrogens with two attached hydrogens (primary N) is 1. The number of nitrogens with zero attached hydrogens (tertiary/aromatic N) is 6. The normalized spacial score (nSPS) is 22.7. The molecule has 0 saturated carbocycles. The molecular formula is C19H18N8O6S. The molecule has 1 aromatic heterocycles. The number of carboxylic acid groups (broad SMARTS) is 1. The van der Waals surface area contributed by atoms with Crippen molar-refractivity contribution in [1.82, 2.24) is 30.0 Å². The number of ether oxygens (including phenoxy) is 1. The topological polar surface area (TPSA) is 186 Å². The van der Waals surface area contributed by atoms with E-state index in [1.807, 2.05) is 0 Å². The number of likely N-dealkylation sites (tertiary alicyclic amines) is 1. The van der Waals surface area contributed by atoms with Crippen LogP contribution in [-0.2, 0) is 21.4 Å². The molecule has 176 valence electrons. The maximum atomic E-state index is 12.9. The Bertz CT molecular complexity index is 1240. The van der Waals surface area contributed by atoms with Gasteiger partial charge in [-0.3, -0.25) is 14.5 Å². The number of hydrogen-bond acceptors (Lipinski definition) is 9. The molecule has 15 heteroatoms. The van der Waals surface area contributed by atoms with Gasteiger partial charge in [0, 0.05) is 18.3 Å². The van der Waals surface area contributed by atoms with Crippen LogP contribution in [0.4, 0.5) is 10.5 Å². The van der Waals surface area contributed by atoms with Crippen molar-refractivity contribution < 1.29 is 29.0 Å². The largest absolute Gasteiger partial charge is 0.487 e. The maximum Gasteiger partial charge on any atom is 0.356 e. The third-order valence-corrected chi connectivity index (χ3v) is 6.81. The molecule has 4 amide bonds. The first-order valence-electron chi connectivity index (χ1n) is 10.0. The summed E-state index contributed by atoms with van der Waals surface area (Å²) >= 11 is 1.17. The fourth-order valence-electron chi connectivity index (χ4n) is 4.26. The van der Waals surface area contributed by atoms with E-state index >= 15 is 0 Å². The van der Waals surface area contributed by atoms with Gasteiger partial charge in [-0.2, -0.15) is 0 Å². The highest BCUT2D eigenvalue weighted by Crippen LogP contribution is 2.44. The summed E-state index contributed by atoms with van der Waals surface area (Å²) in [5, 5.41) is 24.0. The summed E-state index contributed by atoms with van der Waals surface area (Å²) in [4.78, 5) is 51.6. The summed E-state index contributed by atoms with van der Waals surface area (Å²) in [7, 11) is 1.64. The second kappa shape index (κ2) is 8.02. The number of thioether (sulfide) groups is 1. The summed E-state index contributed by atoms with van der Waals surface area (Å²) in [6.07, 6.45) is -0.581. The van der Waals surface area contributed by atoms with Crippen LogP contribution in [0.15, 0.2) is 40.9 Å². The number of β-lactam (4-membered cyclic amide) rings is 1. The van der Waals surface area contributed by atoms with E-state index in [0.717, 1.165) is 0 Å². The second-order valence-electron chi connectivity index (χ2n) is 7.77. The molecule has 2 saturated heterocycles. The van der Waals surface area contributed by atoms with E-state index in [4.69, 9.17) is 10.5 Å². The number of rotatable bonds is 6. The zero-order valence-electron chi connectivity index (χ0n) is 17.6. The Morgan fingerprint density at radius 2 is 2.03 bits per heavy atom. The van der Waals surface area contributed by atoms with Gasteiger partial charge in [0.15, 0.2) is 5.70 Å². The molecule has 5 rings (SSSR count). The highest BCUT2D eigenvalue weighted by Gasteiger charge is 2.65. The van der Waals surface area contributed by atoms with Crippen LogP contribution in [0.25, 0.3) is 0 Å².